The zero-order chi connectivity index (χ0) is 12.8. The molecule has 0 radical (unpaired) electrons. The van der Waals surface area contributed by atoms with Gasteiger partial charge >= 0.3 is 0 Å². The van der Waals surface area contributed by atoms with Gasteiger partial charge in [-0.15, -0.1) is 0 Å². The number of aryl methyl sites for hydroxylation is 1. The molecule has 2 rings (SSSR count). The molecule has 0 saturated carbocycles. The van der Waals surface area contributed by atoms with Gasteiger partial charge in [0.1, 0.15) is 5.75 Å². The molecule has 0 aliphatic rings. The van der Waals surface area contributed by atoms with Crippen LogP contribution in [-0.2, 0) is 6.54 Å². The van der Waals surface area contributed by atoms with Crippen molar-refractivity contribution in [2.45, 2.75) is 13.0 Å². The van der Waals surface area contributed by atoms with E-state index in [0.29, 0.717) is 24.6 Å². The smallest absolute Gasteiger partial charge is 0.253 e. The first kappa shape index (κ1) is 12.2. The maximum absolute atomic E-state index is 11.4. The molecule has 2 aromatic rings. The van der Waals surface area contributed by atoms with Gasteiger partial charge in [-0.2, -0.15) is 0 Å². The Bertz CT molecular complexity index is 566. The molecule has 0 aliphatic heterocycles. The molecule has 0 saturated heterocycles. The number of para-hydroxylation sites is 2. The van der Waals surface area contributed by atoms with Crippen molar-refractivity contribution in [2.24, 2.45) is 0 Å². The number of hydrogen-bond acceptors (Lipinski definition) is 4. The molecule has 1 aromatic carbocycles. The summed E-state index contributed by atoms with van der Waals surface area (Å²) in [6, 6.07) is 8.79. The van der Waals surface area contributed by atoms with Crippen LogP contribution in [-0.4, -0.2) is 16.2 Å². The molecule has 5 nitrogen and oxygen atoms in total. The van der Waals surface area contributed by atoms with Crippen LogP contribution in [0.1, 0.15) is 6.42 Å². The Hall–Kier alpha value is -2.30. The van der Waals surface area contributed by atoms with Crippen LogP contribution in [0.4, 0.5) is 5.69 Å². The van der Waals surface area contributed by atoms with Crippen LogP contribution < -0.4 is 16.0 Å². The normalized spacial score (nSPS) is 10.2. The Kier molecular flexibility index (Phi) is 3.96. The maximum Gasteiger partial charge on any atom is 0.253 e. The second-order valence-electron chi connectivity index (χ2n) is 3.85. The zero-order valence-corrected chi connectivity index (χ0v) is 9.95. The summed E-state index contributed by atoms with van der Waals surface area (Å²) in [7, 11) is 0. The number of rotatable bonds is 5. The minimum Gasteiger partial charge on any atom is -0.491 e. The number of anilines is 1. The van der Waals surface area contributed by atoms with Crippen molar-refractivity contribution < 1.29 is 4.74 Å². The fourth-order valence-corrected chi connectivity index (χ4v) is 1.58. The van der Waals surface area contributed by atoms with Crippen molar-refractivity contribution in [1.29, 1.82) is 0 Å². The predicted octanol–water partition coefficient (Wildman–Crippen LogP) is 1.29. The molecule has 94 valence electrons. The maximum atomic E-state index is 11.4. The summed E-state index contributed by atoms with van der Waals surface area (Å²) in [6.45, 7) is 1.09. The van der Waals surface area contributed by atoms with E-state index < -0.39 is 0 Å². The van der Waals surface area contributed by atoms with Crippen molar-refractivity contribution in [1.82, 2.24) is 9.55 Å². The molecular weight excluding hydrogens is 230 g/mol. The van der Waals surface area contributed by atoms with Gasteiger partial charge in [0.05, 0.1) is 18.6 Å². The summed E-state index contributed by atoms with van der Waals surface area (Å²) in [4.78, 5) is 15.3. The first-order chi connectivity index (χ1) is 8.77. The fourth-order valence-electron chi connectivity index (χ4n) is 1.58. The molecule has 0 aliphatic carbocycles. The lowest BCUT2D eigenvalue weighted by atomic mass is 10.3. The molecule has 0 unspecified atom stereocenters. The van der Waals surface area contributed by atoms with E-state index in [1.165, 1.54) is 18.6 Å². The number of nitrogens with zero attached hydrogens (tertiary/aromatic N) is 2. The number of benzene rings is 1. The first-order valence-electron chi connectivity index (χ1n) is 5.75. The fraction of sp³-hybridized carbons (Fsp3) is 0.231. The number of ether oxygens (including phenoxy) is 1. The quantitative estimate of drug-likeness (QED) is 0.636. The highest BCUT2D eigenvalue weighted by Crippen LogP contribution is 2.19. The lowest BCUT2D eigenvalue weighted by Gasteiger charge is -2.09. The van der Waals surface area contributed by atoms with Crippen LogP contribution in [0.15, 0.2) is 47.7 Å². The monoisotopic (exact) mass is 245 g/mol. The third kappa shape index (κ3) is 3.10. The van der Waals surface area contributed by atoms with Crippen LogP contribution in [0.5, 0.6) is 5.75 Å². The highest BCUT2D eigenvalue weighted by molar-refractivity contribution is 5.51. The van der Waals surface area contributed by atoms with Gasteiger partial charge in [-0.05, 0) is 18.6 Å². The second-order valence-corrected chi connectivity index (χ2v) is 3.85. The van der Waals surface area contributed by atoms with Crippen LogP contribution >= 0.6 is 0 Å². The number of nitrogen functional groups attached to an aromatic ring is 1. The zero-order valence-electron chi connectivity index (χ0n) is 9.95. The van der Waals surface area contributed by atoms with Gasteiger partial charge < -0.3 is 10.5 Å². The van der Waals surface area contributed by atoms with E-state index in [9.17, 15) is 4.79 Å². The minimum absolute atomic E-state index is 0.0516. The van der Waals surface area contributed by atoms with Crippen molar-refractivity contribution in [3.8, 4) is 5.75 Å². The Morgan fingerprint density at radius 1 is 1.28 bits per heavy atom. The Morgan fingerprint density at radius 2 is 2.11 bits per heavy atom. The van der Waals surface area contributed by atoms with Crippen molar-refractivity contribution in [3.05, 3.63) is 53.2 Å². The molecule has 0 atom stereocenters. The highest BCUT2D eigenvalue weighted by atomic mass is 16.5. The summed E-state index contributed by atoms with van der Waals surface area (Å²) in [5.74, 6) is 0.677. The van der Waals surface area contributed by atoms with Gasteiger partial charge in [0.15, 0.2) is 0 Å². The van der Waals surface area contributed by atoms with Crippen molar-refractivity contribution in [3.63, 3.8) is 0 Å². The van der Waals surface area contributed by atoms with Gasteiger partial charge in [-0.3, -0.25) is 9.36 Å². The summed E-state index contributed by atoms with van der Waals surface area (Å²) in [5, 5.41) is 0. The van der Waals surface area contributed by atoms with E-state index >= 15 is 0 Å². The van der Waals surface area contributed by atoms with E-state index in [1.807, 2.05) is 18.2 Å². The number of nitrogens with two attached hydrogens (primary N) is 1. The summed E-state index contributed by atoms with van der Waals surface area (Å²) in [6.07, 6.45) is 3.74. The molecule has 0 spiro atoms. The van der Waals surface area contributed by atoms with Crippen molar-refractivity contribution >= 4 is 5.69 Å². The van der Waals surface area contributed by atoms with Crippen LogP contribution in [0.2, 0.25) is 0 Å². The van der Waals surface area contributed by atoms with Crippen LogP contribution in [0.3, 0.4) is 0 Å². The average molecular weight is 245 g/mol. The lowest BCUT2D eigenvalue weighted by Crippen LogP contribution is -2.19. The number of hydrogen-bond donors (Lipinski definition) is 1. The highest BCUT2D eigenvalue weighted by Gasteiger charge is 1.99. The van der Waals surface area contributed by atoms with E-state index in [0.717, 1.165) is 6.42 Å². The van der Waals surface area contributed by atoms with E-state index in [1.54, 1.807) is 10.6 Å². The Labute approximate surface area is 105 Å². The molecule has 0 amide bonds. The topological polar surface area (TPSA) is 70.1 Å². The minimum atomic E-state index is -0.0516. The molecule has 5 heteroatoms. The summed E-state index contributed by atoms with van der Waals surface area (Å²) in [5.41, 5.74) is 6.32. The number of aromatic nitrogens is 2. The van der Waals surface area contributed by atoms with Crippen molar-refractivity contribution in [2.75, 3.05) is 12.3 Å². The Balaban J connectivity index is 1.82. The third-order valence-electron chi connectivity index (χ3n) is 2.51. The van der Waals surface area contributed by atoms with E-state index in [2.05, 4.69) is 4.98 Å². The molecule has 1 heterocycles. The van der Waals surface area contributed by atoms with Gasteiger partial charge in [0.25, 0.3) is 5.56 Å². The third-order valence-corrected chi connectivity index (χ3v) is 2.51. The Morgan fingerprint density at radius 3 is 2.89 bits per heavy atom. The second kappa shape index (κ2) is 5.86. The van der Waals surface area contributed by atoms with E-state index in [4.69, 9.17) is 10.5 Å². The molecule has 0 fully saturated rings. The SMILES string of the molecule is Nc1ccccc1OCCCn1cnccc1=O. The molecule has 0 bridgehead atoms. The predicted molar refractivity (Wildman–Crippen MR) is 69.5 cm³/mol. The first-order valence-corrected chi connectivity index (χ1v) is 5.75. The van der Waals surface area contributed by atoms with Crippen LogP contribution in [0.25, 0.3) is 0 Å². The van der Waals surface area contributed by atoms with Gasteiger partial charge in [-0.1, -0.05) is 12.1 Å². The molecule has 1 aromatic heterocycles. The molecule has 2 N–H and O–H groups in total. The lowest BCUT2D eigenvalue weighted by molar-refractivity contribution is 0.302. The van der Waals surface area contributed by atoms with Gasteiger partial charge in [-0.25, -0.2) is 4.98 Å². The standard InChI is InChI=1S/C13H15N3O2/c14-11-4-1-2-5-12(11)18-9-3-8-16-10-15-7-6-13(16)17/h1-2,4-7,10H,3,8-9,14H2. The van der Waals surface area contributed by atoms with Gasteiger partial charge in [0, 0.05) is 18.8 Å². The van der Waals surface area contributed by atoms with Crippen LogP contribution in [0, 0.1) is 0 Å². The summed E-state index contributed by atoms with van der Waals surface area (Å²) < 4.78 is 7.09. The molecule has 18 heavy (non-hydrogen) atoms. The largest absolute Gasteiger partial charge is 0.491 e. The van der Waals surface area contributed by atoms with Gasteiger partial charge in [0.2, 0.25) is 0 Å². The summed E-state index contributed by atoms with van der Waals surface area (Å²) >= 11 is 0. The molecular formula is C13H15N3O2. The average Bonchev–Trinajstić information content (AvgIpc) is 2.38. The van der Waals surface area contributed by atoms with E-state index in [-0.39, 0.29) is 5.56 Å².